The molecule has 0 saturated carbocycles. The number of benzene rings is 2. The number of H-pyrrole nitrogens is 1. The highest BCUT2D eigenvalue weighted by Crippen LogP contribution is 2.27. The first-order valence-electron chi connectivity index (χ1n) is 7.69. The van der Waals surface area contributed by atoms with Crippen molar-refractivity contribution in [3.63, 3.8) is 0 Å². The maximum absolute atomic E-state index is 10.7. The number of aliphatic carboxylic acids is 1. The van der Waals surface area contributed by atoms with Gasteiger partial charge in [0, 0.05) is 23.5 Å². The average molecular weight is 309 g/mol. The van der Waals surface area contributed by atoms with Crippen molar-refractivity contribution in [2.75, 3.05) is 6.61 Å². The molecule has 4 nitrogen and oxygen atoms in total. The molecule has 3 aromatic rings. The lowest BCUT2D eigenvalue weighted by molar-refractivity contribution is -0.139. The second kappa shape index (κ2) is 6.57. The highest BCUT2D eigenvalue weighted by molar-refractivity contribution is 5.86. The Hall–Kier alpha value is -2.75. The van der Waals surface area contributed by atoms with Gasteiger partial charge in [0.2, 0.25) is 0 Å². The van der Waals surface area contributed by atoms with Crippen LogP contribution in [0, 0.1) is 0 Å². The highest BCUT2D eigenvalue weighted by Gasteiger charge is 2.11. The van der Waals surface area contributed by atoms with Crippen LogP contribution in [0.15, 0.2) is 48.7 Å². The number of aryl methyl sites for hydroxylation is 1. The lowest BCUT2D eigenvalue weighted by atomic mass is 10.0. The van der Waals surface area contributed by atoms with E-state index in [-0.39, 0.29) is 6.61 Å². The van der Waals surface area contributed by atoms with Crippen LogP contribution in [-0.4, -0.2) is 22.7 Å². The second-order valence-electron chi connectivity index (χ2n) is 5.47. The summed E-state index contributed by atoms with van der Waals surface area (Å²) in [5, 5.41) is 10.00. The van der Waals surface area contributed by atoms with Gasteiger partial charge in [0.15, 0.2) is 6.61 Å². The van der Waals surface area contributed by atoms with E-state index in [1.54, 1.807) is 0 Å². The van der Waals surface area contributed by atoms with E-state index in [1.807, 2.05) is 30.5 Å². The van der Waals surface area contributed by atoms with E-state index < -0.39 is 5.97 Å². The van der Waals surface area contributed by atoms with Crippen LogP contribution >= 0.6 is 0 Å². The maximum atomic E-state index is 10.7. The van der Waals surface area contributed by atoms with Crippen molar-refractivity contribution in [3.05, 3.63) is 65.4 Å². The zero-order valence-electron chi connectivity index (χ0n) is 13.0. The Morgan fingerprint density at radius 1 is 1.09 bits per heavy atom. The van der Waals surface area contributed by atoms with Crippen LogP contribution in [0.1, 0.15) is 23.6 Å². The van der Waals surface area contributed by atoms with E-state index in [0.29, 0.717) is 12.2 Å². The summed E-state index contributed by atoms with van der Waals surface area (Å²) in [5.74, 6) is -0.351. The second-order valence-corrected chi connectivity index (χ2v) is 5.47. The summed E-state index contributed by atoms with van der Waals surface area (Å²) in [6, 6.07) is 13.9. The Balaban J connectivity index is 1.92. The number of carboxylic acids is 1. The van der Waals surface area contributed by atoms with Crippen molar-refractivity contribution in [1.82, 2.24) is 4.98 Å². The summed E-state index contributed by atoms with van der Waals surface area (Å²) >= 11 is 0. The molecule has 1 heterocycles. The third-order valence-electron chi connectivity index (χ3n) is 3.97. The Labute approximate surface area is 134 Å². The van der Waals surface area contributed by atoms with Gasteiger partial charge >= 0.3 is 5.97 Å². The zero-order chi connectivity index (χ0) is 16.2. The van der Waals surface area contributed by atoms with Crippen LogP contribution in [0.5, 0.6) is 5.75 Å². The fourth-order valence-electron chi connectivity index (χ4n) is 2.85. The minimum absolute atomic E-state index is 0.328. The van der Waals surface area contributed by atoms with Gasteiger partial charge in [-0.05, 0) is 29.2 Å². The largest absolute Gasteiger partial charge is 0.482 e. The van der Waals surface area contributed by atoms with E-state index in [1.165, 1.54) is 22.0 Å². The van der Waals surface area contributed by atoms with Gasteiger partial charge in [0.25, 0.3) is 0 Å². The smallest absolute Gasteiger partial charge is 0.341 e. The van der Waals surface area contributed by atoms with Gasteiger partial charge in [0.05, 0.1) is 0 Å². The Kier molecular flexibility index (Phi) is 4.33. The number of hydrogen-bond donors (Lipinski definition) is 2. The molecule has 4 heteroatoms. The van der Waals surface area contributed by atoms with Crippen molar-refractivity contribution in [3.8, 4) is 5.75 Å². The Morgan fingerprint density at radius 3 is 2.65 bits per heavy atom. The number of rotatable bonds is 6. The molecule has 0 spiro atoms. The molecule has 2 N–H and O–H groups in total. The minimum Gasteiger partial charge on any atom is -0.482 e. The van der Waals surface area contributed by atoms with Gasteiger partial charge in [-0.2, -0.15) is 0 Å². The maximum Gasteiger partial charge on any atom is 0.341 e. The zero-order valence-corrected chi connectivity index (χ0v) is 13.0. The molecule has 0 radical (unpaired) electrons. The molecular formula is C19H19NO3. The van der Waals surface area contributed by atoms with E-state index in [9.17, 15) is 4.79 Å². The summed E-state index contributed by atoms with van der Waals surface area (Å²) in [6.07, 6.45) is 3.70. The van der Waals surface area contributed by atoms with Gasteiger partial charge in [0.1, 0.15) is 5.75 Å². The molecule has 0 bridgehead atoms. The van der Waals surface area contributed by atoms with E-state index in [2.05, 4.69) is 30.1 Å². The number of carboxylic acid groups (broad SMARTS) is 1. The van der Waals surface area contributed by atoms with Crippen molar-refractivity contribution in [2.45, 2.75) is 19.8 Å². The summed E-state index contributed by atoms with van der Waals surface area (Å²) in [7, 11) is 0. The number of aromatic amines is 1. The fraction of sp³-hybridized carbons (Fsp3) is 0.211. The fourth-order valence-corrected chi connectivity index (χ4v) is 2.85. The van der Waals surface area contributed by atoms with Crippen LogP contribution < -0.4 is 4.74 Å². The van der Waals surface area contributed by atoms with Crippen molar-refractivity contribution in [2.24, 2.45) is 0 Å². The summed E-state index contributed by atoms with van der Waals surface area (Å²) in [5.41, 5.74) is 4.64. The standard InChI is InChI=1S/C19H19NO3/c1-2-13-7-5-8-16-15(11-20-19(13)16)10-14-6-3-4-9-17(14)23-12-18(21)22/h3-9,11,20H,2,10,12H2,1H3,(H,21,22). The van der Waals surface area contributed by atoms with E-state index in [0.717, 1.165) is 12.0 Å². The average Bonchev–Trinajstić information content (AvgIpc) is 2.97. The van der Waals surface area contributed by atoms with Gasteiger partial charge < -0.3 is 14.8 Å². The van der Waals surface area contributed by atoms with Gasteiger partial charge in [-0.3, -0.25) is 0 Å². The van der Waals surface area contributed by atoms with Crippen LogP contribution in [0.25, 0.3) is 10.9 Å². The van der Waals surface area contributed by atoms with E-state index in [4.69, 9.17) is 9.84 Å². The monoisotopic (exact) mass is 309 g/mol. The molecule has 0 saturated heterocycles. The Bertz CT molecular complexity index is 836. The molecule has 0 atom stereocenters. The van der Waals surface area contributed by atoms with Crippen molar-refractivity contribution in [1.29, 1.82) is 0 Å². The molecular weight excluding hydrogens is 290 g/mol. The molecule has 0 amide bonds. The number of aromatic nitrogens is 1. The molecule has 2 aromatic carbocycles. The molecule has 0 aliphatic rings. The number of carbonyl (C=O) groups is 1. The quantitative estimate of drug-likeness (QED) is 0.728. The molecule has 23 heavy (non-hydrogen) atoms. The molecule has 3 rings (SSSR count). The predicted molar refractivity (Wildman–Crippen MR) is 90.1 cm³/mol. The third-order valence-corrected chi connectivity index (χ3v) is 3.97. The lowest BCUT2D eigenvalue weighted by Gasteiger charge is -2.09. The van der Waals surface area contributed by atoms with Gasteiger partial charge in [-0.15, -0.1) is 0 Å². The topological polar surface area (TPSA) is 62.3 Å². The summed E-state index contributed by atoms with van der Waals surface area (Å²) in [4.78, 5) is 14.1. The first-order valence-corrected chi connectivity index (χ1v) is 7.69. The number of fused-ring (bicyclic) bond motifs is 1. The third kappa shape index (κ3) is 3.21. The number of hydrogen-bond acceptors (Lipinski definition) is 2. The predicted octanol–water partition coefficient (Wildman–Crippen LogP) is 3.78. The van der Waals surface area contributed by atoms with E-state index >= 15 is 0 Å². The molecule has 0 unspecified atom stereocenters. The van der Waals surface area contributed by atoms with Crippen molar-refractivity contribution >= 4 is 16.9 Å². The lowest BCUT2D eigenvalue weighted by Crippen LogP contribution is -2.10. The molecule has 1 aromatic heterocycles. The van der Waals surface area contributed by atoms with Crippen LogP contribution in [-0.2, 0) is 17.6 Å². The Morgan fingerprint density at radius 2 is 1.87 bits per heavy atom. The molecule has 0 fully saturated rings. The van der Waals surface area contributed by atoms with Gasteiger partial charge in [-0.25, -0.2) is 4.79 Å². The molecule has 118 valence electrons. The minimum atomic E-state index is -0.973. The summed E-state index contributed by atoms with van der Waals surface area (Å²) < 4.78 is 5.39. The SMILES string of the molecule is CCc1cccc2c(Cc3ccccc3OCC(=O)O)c[nH]c12. The van der Waals surface area contributed by atoms with Crippen molar-refractivity contribution < 1.29 is 14.6 Å². The van der Waals surface area contributed by atoms with Crippen LogP contribution in [0.4, 0.5) is 0 Å². The number of ether oxygens (including phenoxy) is 1. The van der Waals surface area contributed by atoms with Crippen LogP contribution in [0.3, 0.4) is 0 Å². The van der Waals surface area contributed by atoms with Gasteiger partial charge in [-0.1, -0.05) is 43.3 Å². The van der Waals surface area contributed by atoms with Crippen LogP contribution in [0.2, 0.25) is 0 Å². The number of para-hydroxylation sites is 2. The summed E-state index contributed by atoms with van der Waals surface area (Å²) in [6.45, 7) is 1.81. The molecule has 0 aliphatic heterocycles. The normalized spacial score (nSPS) is 10.8. The highest BCUT2D eigenvalue weighted by atomic mass is 16.5. The first-order chi connectivity index (χ1) is 11.2. The number of nitrogens with one attached hydrogen (secondary N) is 1. The first kappa shape index (κ1) is 15.2. The molecule has 0 aliphatic carbocycles.